The molecule has 0 aliphatic heterocycles. The molecule has 0 N–H and O–H groups in total. The van der Waals surface area contributed by atoms with Crippen LogP contribution >= 0.6 is 0 Å². The van der Waals surface area contributed by atoms with Crippen LogP contribution in [0.15, 0.2) is 0 Å². The van der Waals surface area contributed by atoms with Crippen molar-refractivity contribution in [1.29, 1.82) is 0 Å². The third-order valence-electron chi connectivity index (χ3n) is 12.1. The molecular formula is C32H56. The molecule has 8 aliphatic carbocycles. The maximum Gasteiger partial charge on any atom is -0.0292 e. The van der Waals surface area contributed by atoms with Gasteiger partial charge in [-0.05, 0) is 140 Å². The molecule has 0 amide bonds. The zero-order chi connectivity index (χ0) is 23.0. The summed E-state index contributed by atoms with van der Waals surface area (Å²) in [6.07, 6.45) is 15.3. The van der Waals surface area contributed by atoms with Crippen LogP contribution in [0.2, 0.25) is 0 Å². The Labute approximate surface area is 201 Å². The van der Waals surface area contributed by atoms with Gasteiger partial charge in [0.15, 0.2) is 0 Å². The first kappa shape index (κ1) is 23.7. The first-order chi connectivity index (χ1) is 15.0. The molecule has 8 fully saturated rings. The predicted octanol–water partition coefficient (Wildman–Crippen LogP) is 9.48. The van der Waals surface area contributed by atoms with Crippen molar-refractivity contribution < 1.29 is 0 Å². The highest BCUT2D eigenvalue weighted by Gasteiger charge is 2.55. The molecule has 0 radical (unpaired) electrons. The van der Waals surface area contributed by atoms with E-state index in [2.05, 4.69) is 55.4 Å². The molecule has 0 aromatic carbocycles. The molecule has 0 aromatic rings. The lowest BCUT2D eigenvalue weighted by atomic mass is 9.88. The number of hydrogen-bond acceptors (Lipinski definition) is 0. The monoisotopic (exact) mass is 440 g/mol. The molecule has 0 bridgehead atoms. The van der Waals surface area contributed by atoms with Gasteiger partial charge in [0.05, 0.1) is 0 Å². The second-order valence-corrected chi connectivity index (χ2v) is 15.8. The second-order valence-electron chi connectivity index (χ2n) is 15.8. The maximum absolute atomic E-state index is 2.45. The Morgan fingerprint density at radius 1 is 0.562 bits per heavy atom. The van der Waals surface area contributed by atoms with E-state index in [0.29, 0.717) is 5.41 Å². The lowest BCUT2D eigenvalue weighted by Gasteiger charge is -2.17. The molecule has 0 spiro atoms. The summed E-state index contributed by atoms with van der Waals surface area (Å²) in [4.78, 5) is 0. The van der Waals surface area contributed by atoms with E-state index in [0.717, 1.165) is 76.4 Å². The van der Waals surface area contributed by atoms with Crippen LogP contribution in [0, 0.1) is 81.8 Å². The van der Waals surface area contributed by atoms with Gasteiger partial charge in [-0.1, -0.05) is 61.8 Å². The smallest absolute Gasteiger partial charge is 0.0292 e. The van der Waals surface area contributed by atoms with Gasteiger partial charge in [-0.15, -0.1) is 0 Å². The average molecular weight is 441 g/mol. The van der Waals surface area contributed by atoms with Gasteiger partial charge >= 0.3 is 0 Å². The molecule has 0 nitrogen and oxygen atoms in total. The molecule has 0 saturated heterocycles. The van der Waals surface area contributed by atoms with Gasteiger partial charge in [0.1, 0.15) is 0 Å². The van der Waals surface area contributed by atoms with Gasteiger partial charge in [0.25, 0.3) is 0 Å². The maximum atomic E-state index is 2.45. The minimum absolute atomic E-state index is 0.716. The highest BCUT2D eigenvalue weighted by molar-refractivity contribution is 5.05. The highest BCUT2D eigenvalue weighted by Crippen LogP contribution is 2.65. The Hall–Kier alpha value is 0. The van der Waals surface area contributed by atoms with Crippen LogP contribution in [-0.2, 0) is 0 Å². The van der Waals surface area contributed by atoms with Crippen molar-refractivity contribution in [2.24, 2.45) is 81.8 Å². The predicted molar refractivity (Wildman–Crippen MR) is 138 cm³/mol. The molecule has 8 rings (SSSR count). The van der Waals surface area contributed by atoms with Crippen molar-refractivity contribution in [2.75, 3.05) is 0 Å². The largest absolute Gasteiger partial charge is 0.0625 e. The Kier molecular flexibility index (Phi) is 6.15. The summed E-state index contributed by atoms with van der Waals surface area (Å²) in [6, 6.07) is 0. The zero-order valence-electron chi connectivity index (χ0n) is 23.0. The van der Waals surface area contributed by atoms with Crippen molar-refractivity contribution in [3.05, 3.63) is 0 Å². The van der Waals surface area contributed by atoms with E-state index in [-0.39, 0.29) is 0 Å². The fourth-order valence-electron chi connectivity index (χ4n) is 9.86. The van der Waals surface area contributed by atoms with Crippen LogP contribution in [0.5, 0.6) is 0 Å². The van der Waals surface area contributed by atoms with Gasteiger partial charge in [0, 0.05) is 0 Å². The molecule has 8 aliphatic rings. The van der Waals surface area contributed by atoms with Crippen LogP contribution in [0.25, 0.3) is 0 Å². The summed E-state index contributed by atoms with van der Waals surface area (Å²) in [5.41, 5.74) is 1.55. The normalized spacial score (nSPS) is 57.8. The third kappa shape index (κ3) is 5.00. The summed E-state index contributed by atoms with van der Waals surface area (Å²) >= 11 is 0. The Bertz CT molecular complexity index is 643. The molecule has 11 atom stereocenters. The van der Waals surface area contributed by atoms with E-state index in [9.17, 15) is 0 Å². The second kappa shape index (κ2) is 8.29. The number of hydrogen-bond donors (Lipinski definition) is 0. The van der Waals surface area contributed by atoms with Crippen LogP contribution in [0.4, 0.5) is 0 Å². The topological polar surface area (TPSA) is 0 Å². The summed E-state index contributed by atoms with van der Waals surface area (Å²) in [6.45, 7) is 19.2. The molecule has 0 aromatic heterocycles. The van der Waals surface area contributed by atoms with Gasteiger partial charge in [0.2, 0.25) is 0 Å². The minimum atomic E-state index is 0.716. The van der Waals surface area contributed by atoms with Gasteiger partial charge in [-0.2, -0.15) is 0 Å². The van der Waals surface area contributed by atoms with Crippen molar-refractivity contribution in [2.45, 2.75) is 120 Å². The van der Waals surface area contributed by atoms with Gasteiger partial charge in [-0.25, -0.2) is 0 Å². The van der Waals surface area contributed by atoms with Crippen LogP contribution < -0.4 is 0 Å². The SMILES string of the molecule is CC1(C)CC2CC2C1.CC1CC2C(C)C2C1.CC1CC2CC2(C)C1.CC1CCC2C(C)C12. The van der Waals surface area contributed by atoms with Crippen LogP contribution in [-0.4, -0.2) is 0 Å². The fourth-order valence-corrected chi connectivity index (χ4v) is 9.86. The number of fused-ring (bicyclic) bond motifs is 4. The Morgan fingerprint density at radius 2 is 1.19 bits per heavy atom. The van der Waals surface area contributed by atoms with Gasteiger partial charge < -0.3 is 0 Å². The zero-order valence-corrected chi connectivity index (χ0v) is 23.0. The summed E-state index contributed by atoms with van der Waals surface area (Å²) in [7, 11) is 0. The van der Waals surface area contributed by atoms with Gasteiger partial charge in [-0.3, -0.25) is 0 Å². The summed E-state index contributed by atoms with van der Waals surface area (Å²) < 4.78 is 0. The minimum Gasteiger partial charge on any atom is -0.0625 e. The highest BCUT2D eigenvalue weighted by atomic mass is 14.6. The van der Waals surface area contributed by atoms with Crippen LogP contribution in [0.3, 0.4) is 0 Å². The van der Waals surface area contributed by atoms with Crippen molar-refractivity contribution in [3.8, 4) is 0 Å². The lowest BCUT2D eigenvalue weighted by molar-refractivity contribution is 0.338. The molecule has 8 saturated carbocycles. The Balaban J connectivity index is 0.0000000900. The Morgan fingerprint density at radius 3 is 1.47 bits per heavy atom. The summed E-state index contributed by atoms with van der Waals surface area (Å²) in [5.74, 6) is 13.4. The molecule has 32 heavy (non-hydrogen) atoms. The molecule has 0 heteroatoms. The first-order valence-corrected chi connectivity index (χ1v) is 15.0. The average Bonchev–Trinajstić information content (AvgIpc) is 3.61. The molecule has 11 unspecified atom stereocenters. The van der Waals surface area contributed by atoms with E-state index < -0.39 is 0 Å². The number of rotatable bonds is 0. The fraction of sp³-hybridized carbons (Fsp3) is 1.00. The van der Waals surface area contributed by atoms with E-state index >= 15 is 0 Å². The molecular weight excluding hydrogens is 384 g/mol. The van der Waals surface area contributed by atoms with E-state index in [4.69, 9.17) is 0 Å². The van der Waals surface area contributed by atoms with E-state index in [1.165, 1.54) is 57.8 Å². The quantitative estimate of drug-likeness (QED) is 0.352. The van der Waals surface area contributed by atoms with Crippen molar-refractivity contribution >= 4 is 0 Å². The summed E-state index contributed by atoms with van der Waals surface area (Å²) in [5, 5.41) is 0. The third-order valence-corrected chi connectivity index (χ3v) is 12.1. The van der Waals surface area contributed by atoms with Crippen molar-refractivity contribution in [1.82, 2.24) is 0 Å². The van der Waals surface area contributed by atoms with Crippen molar-refractivity contribution in [3.63, 3.8) is 0 Å². The standard InChI is InChI=1S/4C8H14/c1-8(2)4-6-3-7(6)5-8;1-6-3-7-5-8(7,2)4-6;1-5-3-7-6(2)8(7)4-5;1-5-3-4-7-6(2)8(5)7/h2*6-7H,3-5H2,1-2H3;2*5-8H,3-4H2,1-2H3. The first-order valence-electron chi connectivity index (χ1n) is 15.0. The van der Waals surface area contributed by atoms with Crippen LogP contribution in [0.1, 0.15) is 120 Å². The lowest BCUT2D eigenvalue weighted by Crippen LogP contribution is -2.06. The van der Waals surface area contributed by atoms with E-state index in [1.54, 1.807) is 6.42 Å². The molecule has 184 valence electrons. The molecule has 0 heterocycles. The van der Waals surface area contributed by atoms with E-state index in [1.807, 2.05) is 0 Å².